The summed E-state index contributed by atoms with van der Waals surface area (Å²) in [6.07, 6.45) is 3.16. The molecule has 0 aliphatic rings. The highest BCUT2D eigenvalue weighted by molar-refractivity contribution is 5.86. The van der Waals surface area contributed by atoms with E-state index in [1.807, 2.05) is 13.8 Å². The summed E-state index contributed by atoms with van der Waals surface area (Å²) in [5.74, 6) is -0.684. The zero-order valence-corrected chi connectivity index (χ0v) is 18.3. The van der Waals surface area contributed by atoms with Crippen molar-refractivity contribution in [2.75, 3.05) is 7.11 Å². The normalized spacial score (nSPS) is 11.4. The lowest BCUT2D eigenvalue weighted by Gasteiger charge is -2.13. The number of imidazole rings is 1. The standard InChI is InChI=1S/C22H22FN5O5/c1-13(2)8-9-27-20(29)18-19(28(22(27)31)15-6-4-14(23)5-7-15)24-12-26(18)10-17-25-16(11-33-17)21(30)32-3/h4-7,11-13H,8-10H2,1-3H3. The van der Waals surface area contributed by atoms with Gasteiger partial charge in [-0.25, -0.2) is 28.5 Å². The van der Waals surface area contributed by atoms with Crippen molar-refractivity contribution in [3.05, 3.63) is 75.1 Å². The first kappa shape index (κ1) is 22.2. The molecular formula is C22H22FN5O5. The number of hydrogen-bond donors (Lipinski definition) is 0. The van der Waals surface area contributed by atoms with Gasteiger partial charge in [-0.15, -0.1) is 0 Å². The molecule has 1 aromatic carbocycles. The molecule has 0 bridgehead atoms. The molecule has 0 aliphatic carbocycles. The second-order valence-corrected chi connectivity index (χ2v) is 7.90. The van der Waals surface area contributed by atoms with E-state index in [0.29, 0.717) is 12.1 Å². The number of benzene rings is 1. The zero-order valence-electron chi connectivity index (χ0n) is 18.3. The van der Waals surface area contributed by atoms with Gasteiger partial charge in [0.2, 0.25) is 5.89 Å². The van der Waals surface area contributed by atoms with Gasteiger partial charge in [0.05, 0.1) is 19.1 Å². The monoisotopic (exact) mass is 455 g/mol. The maximum Gasteiger partial charge on any atom is 0.360 e. The molecule has 0 saturated carbocycles. The largest absolute Gasteiger partial charge is 0.464 e. The fourth-order valence-corrected chi connectivity index (χ4v) is 3.43. The van der Waals surface area contributed by atoms with Crippen molar-refractivity contribution in [1.82, 2.24) is 23.7 Å². The molecule has 10 nitrogen and oxygen atoms in total. The Hall–Kier alpha value is -4.02. The van der Waals surface area contributed by atoms with Crippen LogP contribution in [0.25, 0.3) is 16.9 Å². The van der Waals surface area contributed by atoms with Gasteiger partial charge in [-0.3, -0.25) is 9.36 Å². The SMILES string of the molecule is COC(=O)c1coc(Cn2cnc3c2c(=O)n(CCC(C)C)c(=O)n3-c2ccc(F)cc2)n1. The van der Waals surface area contributed by atoms with Crippen LogP contribution in [0.1, 0.15) is 36.6 Å². The molecule has 0 saturated heterocycles. The molecule has 11 heteroatoms. The summed E-state index contributed by atoms with van der Waals surface area (Å²) in [4.78, 5) is 46.6. The van der Waals surface area contributed by atoms with Gasteiger partial charge in [0.25, 0.3) is 5.56 Å². The molecule has 0 N–H and O–H groups in total. The van der Waals surface area contributed by atoms with E-state index in [4.69, 9.17) is 4.42 Å². The van der Waals surface area contributed by atoms with Gasteiger partial charge in [-0.05, 0) is 36.6 Å². The smallest absolute Gasteiger partial charge is 0.360 e. The summed E-state index contributed by atoms with van der Waals surface area (Å²) >= 11 is 0. The Balaban J connectivity index is 1.89. The number of carbonyl (C=O) groups excluding carboxylic acids is 1. The Bertz CT molecular complexity index is 1430. The lowest BCUT2D eigenvalue weighted by atomic mass is 10.1. The average Bonchev–Trinajstić information content (AvgIpc) is 3.42. The lowest BCUT2D eigenvalue weighted by molar-refractivity contribution is 0.0594. The van der Waals surface area contributed by atoms with E-state index in [1.165, 1.54) is 46.8 Å². The number of oxazole rings is 1. The molecule has 4 rings (SSSR count). The molecule has 0 radical (unpaired) electrons. The van der Waals surface area contributed by atoms with E-state index in [2.05, 4.69) is 14.7 Å². The van der Waals surface area contributed by atoms with Crippen LogP contribution in [0.4, 0.5) is 4.39 Å². The van der Waals surface area contributed by atoms with E-state index < -0.39 is 23.0 Å². The summed E-state index contributed by atoms with van der Waals surface area (Å²) in [6, 6.07) is 5.36. The molecule has 3 heterocycles. The Morgan fingerprint density at radius 3 is 2.61 bits per heavy atom. The van der Waals surface area contributed by atoms with Crippen LogP contribution in [0.5, 0.6) is 0 Å². The van der Waals surface area contributed by atoms with Crippen molar-refractivity contribution in [2.24, 2.45) is 5.92 Å². The van der Waals surface area contributed by atoms with Crippen LogP contribution >= 0.6 is 0 Å². The molecule has 0 spiro atoms. The van der Waals surface area contributed by atoms with Gasteiger partial charge in [-0.1, -0.05) is 13.8 Å². The second-order valence-electron chi connectivity index (χ2n) is 7.90. The minimum absolute atomic E-state index is 0.00511. The molecule has 33 heavy (non-hydrogen) atoms. The van der Waals surface area contributed by atoms with Crippen LogP contribution < -0.4 is 11.2 Å². The van der Waals surface area contributed by atoms with Crippen LogP contribution in [-0.4, -0.2) is 36.7 Å². The zero-order chi connectivity index (χ0) is 23.7. The van der Waals surface area contributed by atoms with Gasteiger partial charge < -0.3 is 13.7 Å². The van der Waals surface area contributed by atoms with E-state index in [0.717, 1.165) is 10.8 Å². The minimum Gasteiger partial charge on any atom is -0.464 e. The number of aromatic nitrogens is 5. The van der Waals surface area contributed by atoms with Gasteiger partial charge in [0.15, 0.2) is 16.9 Å². The van der Waals surface area contributed by atoms with Crippen LogP contribution in [-0.2, 0) is 17.8 Å². The Kier molecular flexibility index (Phi) is 5.95. The highest BCUT2D eigenvalue weighted by Crippen LogP contribution is 2.16. The number of nitrogens with zero attached hydrogens (tertiary/aromatic N) is 5. The number of halogens is 1. The van der Waals surface area contributed by atoms with Gasteiger partial charge in [0.1, 0.15) is 18.6 Å². The number of methoxy groups -OCH3 is 1. The van der Waals surface area contributed by atoms with Gasteiger partial charge in [-0.2, -0.15) is 0 Å². The van der Waals surface area contributed by atoms with Crippen LogP contribution in [0.15, 0.2) is 50.9 Å². The van der Waals surface area contributed by atoms with Crippen molar-refractivity contribution < 1.29 is 18.3 Å². The van der Waals surface area contributed by atoms with E-state index in [1.54, 1.807) is 0 Å². The number of ether oxygens (including phenoxy) is 1. The first-order valence-electron chi connectivity index (χ1n) is 10.3. The number of fused-ring (bicyclic) bond motifs is 1. The number of esters is 1. The van der Waals surface area contributed by atoms with Crippen molar-refractivity contribution in [3.8, 4) is 5.69 Å². The lowest BCUT2D eigenvalue weighted by Crippen LogP contribution is -2.40. The quantitative estimate of drug-likeness (QED) is 0.393. The third-order valence-electron chi connectivity index (χ3n) is 5.17. The van der Waals surface area contributed by atoms with Crippen LogP contribution in [0, 0.1) is 11.7 Å². The maximum absolute atomic E-state index is 13.5. The third-order valence-corrected chi connectivity index (χ3v) is 5.17. The van der Waals surface area contributed by atoms with Crippen molar-refractivity contribution in [3.63, 3.8) is 0 Å². The number of carbonyl (C=O) groups is 1. The summed E-state index contributed by atoms with van der Waals surface area (Å²) in [5.41, 5.74) is -0.424. The molecule has 0 aliphatic heterocycles. The molecule has 0 unspecified atom stereocenters. The molecule has 172 valence electrons. The first-order valence-corrected chi connectivity index (χ1v) is 10.3. The Morgan fingerprint density at radius 1 is 1.21 bits per heavy atom. The van der Waals surface area contributed by atoms with Gasteiger partial charge in [0, 0.05) is 6.54 Å². The number of hydrogen-bond acceptors (Lipinski definition) is 7. The average molecular weight is 455 g/mol. The van der Waals surface area contributed by atoms with Crippen molar-refractivity contribution in [1.29, 1.82) is 0 Å². The predicted octanol–water partition coefficient (Wildman–Crippen LogP) is 2.36. The highest BCUT2D eigenvalue weighted by atomic mass is 19.1. The topological polar surface area (TPSA) is 114 Å². The molecular weight excluding hydrogens is 433 g/mol. The fraction of sp³-hybridized carbons (Fsp3) is 0.318. The highest BCUT2D eigenvalue weighted by Gasteiger charge is 2.21. The maximum atomic E-state index is 13.5. The Labute approximate surface area is 186 Å². The predicted molar refractivity (Wildman–Crippen MR) is 116 cm³/mol. The molecule has 4 aromatic rings. The molecule has 0 amide bonds. The second kappa shape index (κ2) is 8.85. The fourth-order valence-electron chi connectivity index (χ4n) is 3.43. The van der Waals surface area contributed by atoms with E-state index >= 15 is 0 Å². The summed E-state index contributed by atoms with van der Waals surface area (Å²) in [5, 5.41) is 0. The van der Waals surface area contributed by atoms with Crippen molar-refractivity contribution in [2.45, 2.75) is 33.4 Å². The van der Waals surface area contributed by atoms with Crippen molar-refractivity contribution >= 4 is 17.1 Å². The summed E-state index contributed by atoms with van der Waals surface area (Å²) in [6.45, 7) is 4.19. The number of rotatable bonds is 7. The molecule has 0 fully saturated rings. The molecule has 0 atom stereocenters. The van der Waals surface area contributed by atoms with E-state index in [-0.39, 0.29) is 41.8 Å². The molecule has 3 aromatic heterocycles. The minimum atomic E-state index is -0.651. The van der Waals surface area contributed by atoms with E-state index in [9.17, 15) is 18.8 Å². The van der Waals surface area contributed by atoms with Gasteiger partial charge >= 0.3 is 11.7 Å². The first-order chi connectivity index (χ1) is 15.8. The van der Waals surface area contributed by atoms with Crippen LogP contribution in [0.2, 0.25) is 0 Å². The third kappa shape index (κ3) is 4.21. The summed E-state index contributed by atoms with van der Waals surface area (Å²) in [7, 11) is 1.23. The summed E-state index contributed by atoms with van der Waals surface area (Å²) < 4.78 is 27.4. The Morgan fingerprint density at radius 2 is 1.94 bits per heavy atom. The van der Waals surface area contributed by atoms with Crippen LogP contribution in [0.3, 0.4) is 0 Å².